The number of hydrogen-bond donors (Lipinski definition) is 3. The van der Waals surface area contributed by atoms with Crippen molar-refractivity contribution < 1.29 is 32.1 Å². The quantitative estimate of drug-likeness (QED) is 0.237. The fourth-order valence-corrected chi connectivity index (χ4v) is 3.14. The minimum Gasteiger partial charge on any atom is -0.455 e. The maximum atomic E-state index is 13.4. The van der Waals surface area contributed by atoms with E-state index in [1.807, 2.05) is 4.72 Å². The number of carbonyl (C=O) groups excluding carboxylic acids is 2. The first-order chi connectivity index (χ1) is 14.0. The number of nitro groups is 1. The molecule has 0 saturated heterocycles. The second-order valence-corrected chi connectivity index (χ2v) is 7.74. The molecule has 4 N–H and O–H groups in total. The molecule has 11 nitrogen and oxygen atoms in total. The van der Waals surface area contributed by atoms with Crippen LogP contribution in [0.2, 0.25) is 0 Å². The van der Waals surface area contributed by atoms with E-state index in [0.29, 0.717) is 5.56 Å². The minimum atomic E-state index is -4.28. The van der Waals surface area contributed by atoms with Crippen molar-refractivity contribution in [2.24, 2.45) is 0 Å². The topological polar surface area (TPSA) is 171 Å². The van der Waals surface area contributed by atoms with Gasteiger partial charge >= 0.3 is 5.97 Å². The first-order valence-electron chi connectivity index (χ1n) is 8.25. The highest BCUT2D eigenvalue weighted by molar-refractivity contribution is 7.89. The zero-order valence-electron chi connectivity index (χ0n) is 15.5. The molecule has 2 aromatic carbocycles. The van der Waals surface area contributed by atoms with Gasteiger partial charge in [0.1, 0.15) is 18.0 Å². The lowest BCUT2D eigenvalue weighted by Crippen LogP contribution is -2.32. The molecule has 2 aromatic rings. The molecule has 0 aliphatic carbocycles. The number of amides is 1. The zero-order chi connectivity index (χ0) is 22.5. The highest BCUT2D eigenvalue weighted by Crippen LogP contribution is 2.24. The van der Waals surface area contributed by atoms with Gasteiger partial charge in [-0.1, -0.05) is 6.07 Å². The van der Waals surface area contributed by atoms with Crippen LogP contribution in [-0.4, -0.2) is 38.4 Å². The Morgan fingerprint density at radius 1 is 1.23 bits per heavy atom. The first-order valence-corrected chi connectivity index (χ1v) is 9.73. The molecule has 13 heteroatoms. The summed E-state index contributed by atoms with van der Waals surface area (Å²) in [4.78, 5) is 33.0. The maximum absolute atomic E-state index is 13.4. The summed E-state index contributed by atoms with van der Waals surface area (Å²) < 4.78 is 44.3. The number of sulfonamides is 1. The molecule has 0 heterocycles. The molecule has 0 atom stereocenters. The van der Waals surface area contributed by atoms with Crippen LogP contribution in [0.5, 0.6) is 0 Å². The molecule has 2 rings (SSSR count). The van der Waals surface area contributed by atoms with Gasteiger partial charge in [-0.3, -0.25) is 19.7 Å². The summed E-state index contributed by atoms with van der Waals surface area (Å²) in [6, 6.07) is 6.82. The largest absolute Gasteiger partial charge is 0.455 e. The van der Waals surface area contributed by atoms with Crippen molar-refractivity contribution in [3.05, 3.63) is 57.9 Å². The molecular formula is C17H17FN4O7S. The molecule has 0 spiro atoms. The number of anilines is 2. The number of nitrogens with zero attached hydrogens (tertiary/aromatic N) is 1. The zero-order valence-corrected chi connectivity index (χ0v) is 16.4. The Bertz CT molecular complexity index is 1110. The highest BCUT2D eigenvalue weighted by atomic mass is 32.2. The van der Waals surface area contributed by atoms with Crippen molar-refractivity contribution in [2.75, 3.05) is 24.2 Å². The number of esters is 1. The molecule has 0 radical (unpaired) electrons. The predicted molar refractivity (Wildman–Crippen MR) is 103 cm³/mol. The van der Waals surface area contributed by atoms with Crippen molar-refractivity contribution in [3.8, 4) is 0 Å². The van der Waals surface area contributed by atoms with Crippen LogP contribution in [-0.2, 0) is 24.3 Å². The van der Waals surface area contributed by atoms with Crippen LogP contribution in [0.15, 0.2) is 41.3 Å². The van der Waals surface area contributed by atoms with Gasteiger partial charge in [0, 0.05) is 11.8 Å². The fourth-order valence-electron chi connectivity index (χ4n) is 2.15. The average Bonchev–Trinajstić information content (AvgIpc) is 2.67. The van der Waals surface area contributed by atoms with Crippen LogP contribution in [0.3, 0.4) is 0 Å². The normalized spacial score (nSPS) is 11.0. The van der Waals surface area contributed by atoms with Crippen LogP contribution in [0.25, 0.3) is 0 Å². The summed E-state index contributed by atoms with van der Waals surface area (Å²) in [6.07, 6.45) is 0. The molecule has 0 bridgehead atoms. The third kappa shape index (κ3) is 5.96. The standard InChI is InChI=1S/C17H17FN4O7S/c1-10-2-3-11(6-13(10)18)21-16(23)9-29-17(24)8-20-30(27,28)12-4-5-14(19)15(7-12)22(25)26/h2-7,20H,8-9,19H2,1H3,(H,21,23). The average molecular weight is 440 g/mol. The summed E-state index contributed by atoms with van der Waals surface area (Å²) in [5, 5.41) is 13.2. The third-order valence-electron chi connectivity index (χ3n) is 3.74. The summed E-state index contributed by atoms with van der Waals surface area (Å²) in [5.41, 5.74) is 5.12. The highest BCUT2D eigenvalue weighted by Gasteiger charge is 2.21. The minimum absolute atomic E-state index is 0.157. The second-order valence-electron chi connectivity index (χ2n) is 5.98. The van der Waals surface area contributed by atoms with Gasteiger partial charge < -0.3 is 15.8 Å². The van der Waals surface area contributed by atoms with E-state index in [-0.39, 0.29) is 11.4 Å². The predicted octanol–water partition coefficient (Wildman–Crippen LogP) is 1.08. The van der Waals surface area contributed by atoms with E-state index in [0.717, 1.165) is 24.3 Å². The van der Waals surface area contributed by atoms with Gasteiger partial charge in [-0.05, 0) is 36.8 Å². The van der Waals surface area contributed by atoms with E-state index in [4.69, 9.17) is 5.73 Å². The van der Waals surface area contributed by atoms with Gasteiger partial charge in [-0.15, -0.1) is 0 Å². The molecule has 0 saturated carbocycles. The van der Waals surface area contributed by atoms with Gasteiger partial charge in [0.2, 0.25) is 10.0 Å². The van der Waals surface area contributed by atoms with Crippen LogP contribution < -0.4 is 15.8 Å². The molecule has 160 valence electrons. The van der Waals surface area contributed by atoms with Crippen LogP contribution >= 0.6 is 0 Å². The number of ether oxygens (including phenoxy) is 1. The van der Waals surface area contributed by atoms with Crippen molar-refractivity contribution in [1.29, 1.82) is 0 Å². The smallest absolute Gasteiger partial charge is 0.321 e. The first kappa shape index (κ1) is 22.7. The number of benzene rings is 2. The summed E-state index contributed by atoms with van der Waals surface area (Å²) in [7, 11) is -4.28. The Kier molecular flexibility index (Phi) is 7.02. The van der Waals surface area contributed by atoms with E-state index in [1.165, 1.54) is 12.1 Å². The van der Waals surface area contributed by atoms with Crippen molar-refractivity contribution in [3.63, 3.8) is 0 Å². The molecule has 0 aliphatic heterocycles. The lowest BCUT2D eigenvalue weighted by molar-refractivity contribution is -0.384. The Morgan fingerprint density at radius 2 is 1.93 bits per heavy atom. The number of nitrogen functional groups attached to an aromatic ring is 1. The summed E-state index contributed by atoms with van der Waals surface area (Å²) in [5.74, 6) is -2.36. The Labute approximate surface area is 170 Å². The Balaban J connectivity index is 1.89. The third-order valence-corrected chi connectivity index (χ3v) is 5.13. The van der Waals surface area contributed by atoms with Gasteiger partial charge in [0.15, 0.2) is 6.61 Å². The Hall–Kier alpha value is -3.58. The molecule has 1 amide bonds. The van der Waals surface area contributed by atoms with E-state index in [1.54, 1.807) is 6.92 Å². The van der Waals surface area contributed by atoms with E-state index >= 15 is 0 Å². The number of nitrogens with two attached hydrogens (primary N) is 1. The van der Waals surface area contributed by atoms with Crippen molar-refractivity contribution in [2.45, 2.75) is 11.8 Å². The van der Waals surface area contributed by atoms with Crippen molar-refractivity contribution in [1.82, 2.24) is 4.72 Å². The maximum Gasteiger partial charge on any atom is 0.321 e. The van der Waals surface area contributed by atoms with E-state index in [9.17, 15) is 32.5 Å². The molecule has 30 heavy (non-hydrogen) atoms. The monoisotopic (exact) mass is 440 g/mol. The number of rotatable bonds is 8. The second kappa shape index (κ2) is 9.28. The molecule has 0 fully saturated rings. The van der Waals surface area contributed by atoms with E-state index < -0.39 is 56.4 Å². The van der Waals surface area contributed by atoms with Gasteiger partial charge in [0.05, 0.1) is 9.82 Å². The number of nitrogens with one attached hydrogen (secondary N) is 2. The summed E-state index contributed by atoms with van der Waals surface area (Å²) >= 11 is 0. The number of hydrogen-bond acceptors (Lipinski definition) is 8. The SMILES string of the molecule is Cc1ccc(NC(=O)COC(=O)CNS(=O)(=O)c2ccc(N)c([N+](=O)[O-])c2)cc1F. The molecular weight excluding hydrogens is 423 g/mol. The van der Waals surface area contributed by atoms with Crippen molar-refractivity contribution >= 4 is 39.0 Å². The van der Waals surface area contributed by atoms with Gasteiger partial charge in [-0.25, -0.2) is 12.8 Å². The fraction of sp³-hybridized carbons (Fsp3) is 0.176. The number of carbonyl (C=O) groups is 2. The molecule has 0 unspecified atom stereocenters. The van der Waals surface area contributed by atoms with Crippen LogP contribution in [0, 0.1) is 22.9 Å². The van der Waals surface area contributed by atoms with Gasteiger partial charge in [0.25, 0.3) is 11.6 Å². The molecule has 0 aliphatic rings. The lowest BCUT2D eigenvalue weighted by Gasteiger charge is -2.09. The van der Waals surface area contributed by atoms with E-state index in [2.05, 4.69) is 10.1 Å². The Morgan fingerprint density at radius 3 is 2.57 bits per heavy atom. The number of aryl methyl sites for hydroxylation is 1. The van der Waals surface area contributed by atoms with Crippen LogP contribution in [0.1, 0.15) is 5.56 Å². The lowest BCUT2D eigenvalue weighted by atomic mass is 10.2. The number of nitro benzene ring substituents is 1. The van der Waals surface area contributed by atoms with Gasteiger partial charge in [-0.2, -0.15) is 4.72 Å². The molecule has 0 aromatic heterocycles. The summed E-state index contributed by atoms with van der Waals surface area (Å²) in [6.45, 7) is -0.0112. The number of halogens is 1. The van der Waals surface area contributed by atoms with Crippen LogP contribution in [0.4, 0.5) is 21.5 Å².